The smallest absolute Gasteiger partial charge is 0.342 e. The van der Waals surface area contributed by atoms with Gasteiger partial charge in [0.1, 0.15) is 11.9 Å². The SMILES string of the molecule is Cc1cc(F)ccc1C1CN(C(=O)CC2NC(=O)NC2=O)CCC1C(=O)N(C)Cc1cc(C(F)(F)F)cc(C(F)(F)F)c1. The van der Waals surface area contributed by atoms with Crippen molar-refractivity contribution in [2.45, 2.75) is 50.6 Å². The van der Waals surface area contributed by atoms with Crippen LogP contribution in [0.1, 0.15) is 46.6 Å². The average Bonchev–Trinajstić information content (AvgIpc) is 3.22. The largest absolute Gasteiger partial charge is 0.416 e. The fourth-order valence-electron chi connectivity index (χ4n) is 5.50. The Morgan fingerprint density at radius 2 is 1.63 bits per heavy atom. The fraction of sp³-hybridized carbons (Fsp3) is 0.429. The molecule has 232 valence electrons. The van der Waals surface area contributed by atoms with Gasteiger partial charge in [0, 0.05) is 38.5 Å². The number of aryl methyl sites for hydroxylation is 1. The number of carbonyl (C=O) groups is 4. The lowest BCUT2D eigenvalue weighted by Gasteiger charge is -2.40. The summed E-state index contributed by atoms with van der Waals surface area (Å²) in [6.07, 6.45) is -10.4. The van der Waals surface area contributed by atoms with Gasteiger partial charge in [-0.3, -0.25) is 19.7 Å². The molecule has 0 aliphatic carbocycles. The molecule has 43 heavy (non-hydrogen) atoms. The minimum absolute atomic E-state index is 0.00598. The molecule has 2 fully saturated rings. The van der Waals surface area contributed by atoms with Crippen LogP contribution in [0.4, 0.5) is 35.5 Å². The van der Waals surface area contributed by atoms with E-state index in [0.29, 0.717) is 23.3 Å². The van der Waals surface area contributed by atoms with Gasteiger partial charge in [0.2, 0.25) is 11.8 Å². The molecule has 15 heteroatoms. The predicted octanol–water partition coefficient (Wildman–Crippen LogP) is 4.36. The van der Waals surface area contributed by atoms with Crippen LogP contribution in [0, 0.1) is 18.7 Å². The second kappa shape index (κ2) is 11.8. The Balaban J connectivity index is 1.59. The standard InChI is InChI=1S/C28H27F7N4O4/c1-14-7-18(29)3-4-19(14)21-13-39(23(40)11-22-24(41)37-26(43)36-22)6-5-20(21)25(42)38(2)12-15-8-16(27(30,31)32)10-17(9-15)28(33,34)35/h3-4,7-10,20-22H,5-6,11-13H2,1-2H3,(H2,36,37,41,43). The van der Waals surface area contributed by atoms with Crippen LogP contribution in [-0.4, -0.2) is 59.7 Å². The predicted molar refractivity (Wildman–Crippen MR) is 137 cm³/mol. The molecule has 2 N–H and O–H groups in total. The van der Waals surface area contributed by atoms with Crippen molar-refractivity contribution < 1.29 is 49.9 Å². The number of nitrogens with zero attached hydrogens (tertiary/aromatic N) is 2. The number of rotatable bonds is 6. The number of piperidine rings is 1. The van der Waals surface area contributed by atoms with Gasteiger partial charge in [-0.25, -0.2) is 9.18 Å². The van der Waals surface area contributed by atoms with Crippen LogP contribution in [0.3, 0.4) is 0 Å². The molecule has 2 aliphatic rings. The molecular weight excluding hydrogens is 589 g/mol. The van der Waals surface area contributed by atoms with E-state index in [1.165, 1.54) is 30.1 Å². The minimum atomic E-state index is -5.05. The van der Waals surface area contributed by atoms with Crippen LogP contribution in [0.15, 0.2) is 36.4 Å². The van der Waals surface area contributed by atoms with Crippen LogP contribution in [0.5, 0.6) is 0 Å². The van der Waals surface area contributed by atoms with Gasteiger partial charge < -0.3 is 15.1 Å². The molecule has 0 radical (unpaired) electrons. The molecule has 3 unspecified atom stereocenters. The van der Waals surface area contributed by atoms with Crippen LogP contribution >= 0.6 is 0 Å². The van der Waals surface area contributed by atoms with E-state index in [0.717, 1.165) is 4.90 Å². The molecule has 2 aliphatic heterocycles. The third-order valence-electron chi connectivity index (χ3n) is 7.59. The van der Waals surface area contributed by atoms with Gasteiger partial charge >= 0.3 is 18.4 Å². The van der Waals surface area contributed by atoms with E-state index >= 15 is 0 Å². The Hall–Kier alpha value is -4.17. The number of amides is 5. The maximum Gasteiger partial charge on any atom is 0.416 e. The first kappa shape index (κ1) is 31.8. The van der Waals surface area contributed by atoms with Gasteiger partial charge in [0.15, 0.2) is 0 Å². The van der Waals surface area contributed by atoms with Gasteiger partial charge in [0.05, 0.1) is 17.5 Å². The number of alkyl halides is 6. The summed E-state index contributed by atoms with van der Waals surface area (Å²) in [4.78, 5) is 52.5. The van der Waals surface area contributed by atoms with Crippen molar-refractivity contribution in [2.24, 2.45) is 5.92 Å². The molecule has 8 nitrogen and oxygen atoms in total. The highest BCUT2D eigenvalue weighted by molar-refractivity contribution is 6.05. The molecule has 5 amide bonds. The van der Waals surface area contributed by atoms with Crippen molar-refractivity contribution in [3.8, 4) is 0 Å². The summed E-state index contributed by atoms with van der Waals surface area (Å²) in [6.45, 7) is 1.05. The molecule has 2 heterocycles. The molecule has 4 rings (SSSR count). The first-order valence-electron chi connectivity index (χ1n) is 13.1. The van der Waals surface area contributed by atoms with Crippen molar-refractivity contribution in [1.82, 2.24) is 20.4 Å². The Kier molecular flexibility index (Phi) is 8.75. The highest BCUT2D eigenvalue weighted by Gasteiger charge is 2.41. The van der Waals surface area contributed by atoms with E-state index in [1.54, 1.807) is 6.92 Å². The molecule has 2 aromatic rings. The van der Waals surface area contributed by atoms with Crippen molar-refractivity contribution in [3.05, 3.63) is 70.0 Å². The lowest BCUT2D eigenvalue weighted by atomic mass is 9.78. The first-order chi connectivity index (χ1) is 19.9. The second-order valence-corrected chi connectivity index (χ2v) is 10.7. The molecule has 0 bridgehead atoms. The lowest BCUT2D eigenvalue weighted by Crippen LogP contribution is -2.49. The van der Waals surface area contributed by atoms with Crippen molar-refractivity contribution in [2.75, 3.05) is 20.1 Å². The van der Waals surface area contributed by atoms with Crippen molar-refractivity contribution in [3.63, 3.8) is 0 Å². The zero-order valence-corrected chi connectivity index (χ0v) is 22.9. The van der Waals surface area contributed by atoms with Gasteiger partial charge in [0.25, 0.3) is 5.91 Å². The topological polar surface area (TPSA) is 98.8 Å². The summed E-state index contributed by atoms with van der Waals surface area (Å²) >= 11 is 0. The molecule has 2 aromatic carbocycles. The number of nitrogens with one attached hydrogen (secondary N) is 2. The summed E-state index contributed by atoms with van der Waals surface area (Å²) in [5.74, 6) is -3.87. The molecule has 3 atom stereocenters. The lowest BCUT2D eigenvalue weighted by molar-refractivity contribution is -0.143. The number of carbonyl (C=O) groups excluding carboxylic acids is 4. The Bertz CT molecular complexity index is 1410. The Morgan fingerprint density at radius 1 is 1.00 bits per heavy atom. The number of hydrogen-bond donors (Lipinski definition) is 2. The third kappa shape index (κ3) is 7.25. The molecule has 2 saturated heterocycles. The highest BCUT2D eigenvalue weighted by atomic mass is 19.4. The van der Waals surface area contributed by atoms with Gasteiger partial charge in [-0.15, -0.1) is 0 Å². The van der Waals surface area contributed by atoms with Crippen molar-refractivity contribution >= 4 is 23.8 Å². The number of urea groups is 1. The maximum absolute atomic E-state index is 13.9. The van der Waals surface area contributed by atoms with E-state index < -0.39 is 77.5 Å². The second-order valence-electron chi connectivity index (χ2n) is 10.7. The van der Waals surface area contributed by atoms with E-state index in [-0.39, 0.29) is 37.6 Å². The number of imide groups is 1. The normalized spacial score (nSPS) is 21.0. The summed E-state index contributed by atoms with van der Waals surface area (Å²) in [5, 5.41) is 4.36. The molecule has 0 aromatic heterocycles. The Morgan fingerprint density at radius 3 is 2.16 bits per heavy atom. The molecule has 0 spiro atoms. The van der Waals surface area contributed by atoms with Crippen LogP contribution in [0.2, 0.25) is 0 Å². The van der Waals surface area contributed by atoms with E-state index in [2.05, 4.69) is 5.32 Å². The highest BCUT2D eigenvalue weighted by Crippen LogP contribution is 2.38. The van der Waals surface area contributed by atoms with Crippen LogP contribution < -0.4 is 10.6 Å². The Labute approximate surface area is 241 Å². The van der Waals surface area contributed by atoms with E-state index in [9.17, 15) is 49.9 Å². The van der Waals surface area contributed by atoms with E-state index in [1.807, 2.05) is 5.32 Å². The number of halogens is 7. The third-order valence-corrected chi connectivity index (χ3v) is 7.59. The van der Waals surface area contributed by atoms with Gasteiger partial charge in [-0.1, -0.05) is 6.07 Å². The first-order valence-corrected chi connectivity index (χ1v) is 13.1. The summed E-state index contributed by atoms with van der Waals surface area (Å²) in [7, 11) is 1.25. The minimum Gasteiger partial charge on any atom is -0.342 e. The summed E-state index contributed by atoms with van der Waals surface area (Å²) in [5.41, 5.74) is -2.39. The number of benzene rings is 2. The molecular formula is C28H27F7N4O4. The monoisotopic (exact) mass is 616 g/mol. The van der Waals surface area contributed by atoms with Crippen LogP contribution in [0.25, 0.3) is 0 Å². The van der Waals surface area contributed by atoms with Gasteiger partial charge in [-0.2, -0.15) is 26.3 Å². The fourth-order valence-corrected chi connectivity index (χ4v) is 5.50. The van der Waals surface area contributed by atoms with Crippen molar-refractivity contribution in [1.29, 1.82) is 0 Å². The zero-order chi connectivity index (χ0) is 31.9. The van der Waals surface area contributed by atoms with Gasteiger partial charge in [-0.05, 0) is 60.4 Å². The summed E-state index contributed by atoms with van der Waals surface area (Å²) < 4.78 is 94.0. The molecule has 0 saturated carbocycles. The average molecular weight is 617 g/mol. The van der Waals surface area contributed by atoms with E-state index in [4.69, 9.17) is 0 Å². The number of hydrogen-bond acceptors (Lipinski definition) is 4. The van der Waals surface area contributed by atoms with Crippen LogP contribution in [-0.2, 0) is 33.3 Å². The zero-order valence-electron chi connectivity index (χ0n) is 22.9. The maximum atomic E-state index is 13.9. The summed E-state index contributed by atoms with van der Waals surface area (Å²) in [6, 6.07) is 3.17. The number of likely N-dealkylation sites (tertiary alicyclic amines) is 1. The quantitative estimate of drug-likeness (QED) is 0.373.